The van der Waals surface area contributed by atoms with Crippen molar-refractivity contribution in [3.63, 3.8) is 0 Å². The van der Waals surface area contributed by atoms with Gasteiger partial charge in [-0.25, -0.2) is 0 Å². The van der Waals surface area contributed by atoms with Crippen LogP contribution in [0.3, 0.4) is 0 Å². The summed E-state index contributed by atoms with van der Waals surface area (Å²) >= 11 is 5.15. The molecule has 0 unspecified atom stereocenters. The Hall–Kier alpha value is -1.42. The Kier molecular flexibility index (Phi) is 4.63. The molecule has 0 spiro atoms. The molecular weight excluding hydrogens is 230 g/mol. The van der Waals surface area contributed by atoms with Crippen molar-refractivity contribution in [3.05, 3.63) is 30.3 Å². The normalized spacial score (nSPS) is 12.1. The van der Waals surface area contributed by atoms with Crippen molar-refractivity contribution >= 4 is 28.7 Å². The van der Waals surface area contributed by atoms with Crippen molar-refractivity contribution in [2.45, 2.75) is 27.7 Å². The van der Waals surface area contributed by atoms with E-state index in [1.54, 1.807) is 0 Å². The van der Waals surface area contributed by atoms with Crippen molar-refractivity contribution in [1.82, 2.24) is 5.43 Å². The molecule has 0 radical (unpaired) electrons. The summed E-state index contributed by atoms with van der Waals surface area (Å²) in [6.07, 6.45) is 0. The molecule has 0 aliphatic rings. The summed E-state index contributed by atoms with van der Waals surface area (Å²) in [5.74, 6) is 0. The Morgan fingerprint density at radius 1 is 1.18 bits per heavy atom. The molecule has 92 valence electrons. The summed E-state index contributed by atoms with van der Waals surface area (Å²) < 4.78 is 0. The molecule has 0 fully saturated rings. The number of nitrogens with one attached hydrogen (secondary N) is 2. The van der Waals surface area contributed by atoms with E-state index in [2.05, 4.69) is 36.6 Å². The maximum Gasteiger partial charge on any atom is 0.191 e. The first-order valence-electron chi connectivity index (χ1n) is 5.56. The average Bonchev–Trinajstić information content (AvgIpc) is 2.26. The largest absolute Gasteiger partial charge is 0.331 e. The zero-order valence-electron chi connectivity index (χ0n) is 10.7. The number of rotatable bonds is 2. The third-order valence-corrected chi connectivity index (χ3v) is 2.64. The van der Waals surface area contributed by atoms with Crippen molar-refractivity contribution in [2.24, 2.45) is 10.5 Å². The van der Waals surface area contributed by atoms with Crippen molar-refractivity contribution in [3.8, 4) is 0 Å². The Morgan fingerprint density at radius 2 is 1.76 bits per heavy atom. The van der Waals surface area contributed by atoms with Gasteiger partial charge in [0.25, 0.3) is 0 Å². The molecule has 0 saturated carbocycles. The first-order chi connectivity index (χ1) is 7.89. The van der Waals surface area contributed by atoms with Crippen LogP contribution in [0.4, 0.5) is 5.69 Å². The Bertz CT molecular complexity index is 404. The highest BCUT2D eigenvalue weighted by Crippen LogP contribution is 2.14. The summed E-state index contributed by atoms with van der Waals surface area (Å²) in [7, 11) is 0. The molecule has 17 heavy (non-hydrogen) atoms. The molecule has 0 saturated heterocycles. The third-order valence-electron chi connectivity index (χ3n) is 2.44. The molecule has 0 aliphatic heterocycles. The van der Waals surface area contributed by atoms with Crippen LogP contribution in [0, 0.1) is 5.41 Å². The van der Waals surface area contributed by atoms with Gasteiger partial charge in [-0.3, -0.25) is 5.43 Å². The maximum atomic E-state index is 5.15. The van der Waals surface area contributed by atoms with E-state index in [4.69, 9.17) is 12.2 Å². The molecule has 3 nitrogen and oxygen atoms in total. The van der Waals surface area contributed by atoms with Gasteiger partial charge >= 0.3 is 0 Å². The van der Waals surface area contributed by atoms with Gasteiger partial charge in [0.2, 0.25) is 0 Å². The van der Waals surface area contributed by atoms with E-state index in [9.17, 15) is 0 Å². The molecule has 1 aromatic rings. The van der Waals surface area contributed by atoms with Gasteiger partial charge in [-0.15, -0.1) is 0 Å². The lowest BCUT2D eigenvalue weighted by atomic mass is 9.91. The van der Waals surface area contributed by atoms with Crippen LogP contribution >= 0.6 is 12.2 Å². The second-order valence-corrected chi connectivity index (χ2v) is 5.29. The number of thiocarbonyl (C=S) groups is 1. The van der Waals surface area contributed by atoms with E-state index in [1.807, 2.05) is 37.3 Å². The predicted octanol–water partition coefficient (Wildman–Crippen LogP) is 3.40. The third kappa shape index (κ3) is 4.95. The van der Waals surface area contributed by atoms with E-state index in [0.29, 0.717) is 5.11 Å². The van der Waals surface area contributed by atoms with E-state index in [-0.39, 0.29) is 5.41 Å². The molecule has 0 aliphatic carbocycles. The number of hydrogen-bond acceptors (Lipinski definition) is 2. The first-order valence-corrected chi connectivity index (χ1v) is 5.97. The first kappa shape index (κ1) is 13.6. The lowest BCUT2D eigenvalue weighted by Gasteiger charge is -2.18. The second kappa shape index (κ2) is 5.77. The number of benzene rings is 1. The fourth-order valence-corrected chi connectivity index (χ4v) is 1.15. The van der Waals surface area contributed by atoms with Gasteiger partial charge in [0, 0.05) is 16.8 Å². The quantitative estimate of drug-likeness (QED) is 0.479. The molecule has 2 N–H and O–H groups in total. The van der Waals surface area contributed by atoms with Crippen LogP contribution in [0.1, 0.15) is 27.7 Å². The van der Waals surface area contributed by atoms with Gasteiger partial charge in [-0.1, -0.05) is 39.0 Å². The lowest BCUT2D eigenvalue weighted by molar-refractivity contribution is 0.583. The Balaban J connectivity index is 2.52. The molecule has 4 heteroatoms. The number of nitrogens with zero attached hydrogens (tertiary/aromatic N) is 1. The van der Waals surface area contributed by atoms with Gasteiger partial charge < -0.3 is 5.32 Å². The molecule has 0 bridgehead atoms. The minimum Gasteiger partial charge on any atom is -0.331 e. The predicted molar refractivity (Wildman–Crippen MR) is 78.4 cm³/mol. The highest BCUT2D eigenvalue weighted by molar-refractivity contribution is 7.80. The van der Waals surface area contributed by atoms with Crippen LogP contribution < -0.4 is 10.7 Å². The number of hydrogen-bond donors (Lipinski definition) is 2. The maximum absolute atomic E-state index is 5.15. The van der Waals surface area contributed by atoms with E-state index in [0.717, 1.165) is 11.4 Å². The number of para-hydroxylation sites is 1. The smallest absolute Gasteiger partial charge is 0.191 e. The van der Waals surface area contributed by atoms with E-state index < -0.39 is 0 Å². The minimum absolute atomic E-state index is 0.0510. The SMILES string of the molecule is CC(=NNC(=S)Nc1ccccc1)C(C)(C)C. The van der Waals surface area contributed by atoms with E-state index >= 15 is 0 Å². The lowest BCUT2D eigenvalue weighted by Crippen LogP contribution is -2.27. The summed E-state index contributed by atoms with van der Waals surface area (Å²) in [6, 6.07) is 9.77. The minimum atomic E-state index is 0.0510. The fourth-order valence-electron chi connectivity index (χ4n) is 0.983. The topological polar surface area (TPSA) is 36.4 Å². The van der Waals surface area contributed by atoms with Crippen LogP contribution in [0.2, 0.25) is 0 Å². The molecule has 0 amide bonds. The number of hydrazone groups is 1. The summed E-state index contributed by atoms with van der Waals surface area (Å²) in [4.78, 5) is 0. The van der Waals surface area contributed by atoms with Gasteiger partial charge in [0.05, 0.1) is 0 Å². The highest BCUT2D eigenvalue weighted by atomic mass is 32.1. The zero-order valence-corrected chi connectivity index (χ0v) is 11.6. The fraction of sp³-hybridized carbons (Fsp3) is 0.385. The molecule has 0 heterocycles. The van der Waals surface area contributed by atoms with Crippen LogP contribution in [0.25, 0.3) is 0 Å². The summed E-state index contributed by atoms with van der Waals surface area (Å²) in [5.41, 5.74) is 4.86. The summed E-state index contributed by atoms with van der Waals surface area (Å²) in [5, 5.41) is 7.82. The van der Waals surface area contributed by atoms with Gasteiger partial charge in [0.15, 0.2) is 5.11 Å². The molecule has 1 rings (SSSR count). The molecule has 0 aromatic heterocycles. The van der Waals surface area contributed by atoms with Crippen LogP contribution in [0.15, 0.2) is 35.4 Å². The van der Waals surface area contributed by atoms with E-state index in [1.165, 1.54) is 0 Å². The molecule has 0 atom stereocenters. The van der Waals surface area contributed by atoms with Crippen LogP contribution in [-0.2, 0) is 0 Å². The van der Waals surface area contributed by atoms with Crippen molar-refractivity contribution < 1.29 is 0 Å². The molecule has 1 aromatic carbocycles. The van der Waals surface area contributed by atoms with Crippen LogP contribution in [0.5, 0.6) is 0 Å². The standard InChI is InChI=1S/C13H19N3S/c1-10(13(2,3)4)15-16-12(17)14-11-8-6-5-7-9-11/h5-9H,1-4H3,(H2,14,16,17). The van der Waals surface area contributed by atoms with Crippen molar-refractivity contribution in [2.75, 3.05) is 5.32 Å². The average molecular weight is 249 g/mol. The van der Waals surface area contributed by atoms with Gasteiger partial charge in [0.1, 0.15) is 0 Å². The van der Waals surface area contributed by atoms with Gasteiger partial charge in [-0.05, 0) is 31.3 Å². The summed E-state index contributed by atoms with van der Waals surface area (Å²) in [6.45, 7) is 8.32. The van der Waals surface area contributed by atoms with Gasteiger partial charge in [-0.2, -0.15) is 5.10 Å². The number of anilines is 1. The Labute approximate surface area is 108 Å². The van der Waals surface area contributed by atoms with Crippen LogP contribution in [-0.4, -0.2) is 10.8 Å². The Morgan fingerprint density at radius 3 is 2.29 bits per heavy atom. The zero-order chi connectivity index (χ0) is 12.9. The second-order valence-electron chi connectivity index (χ2n) is 4.88. The monoisotopic (exact) mass is 249 g/mol. The van der Waals surface area contributed by atoms with Crippen molar-refractivity contribution in [1.29, 1.82) is 0 Å². The molecular formula is C13H19N3S. The highest BCUT2D eigenvalue weighted by Gasteiger charge is 2.14.